The molecule has 0 aliphatic carbocycles. The molecule has 0 aliphatic heterocycles. The van der Waals surface area contributed by atoms with Crippen molar-refractivity contribution in [3.63, 3.8) is 0 Å². The highest BCUT2D eigenvalue weighted by atomic mass is 35.5. The Morgan fingerprint density at radius 3 is 2.61 bits per heavy atom. The second kappa shape index (κ2) is 6.76. The van der Waals surface area contributed by atoms with Crippen LogP contribution in [0.1, 0.15) is 32.4 Å². The van der Waals surface area contributed by atoms with Crippen molar-refractivity contribution in [2.45, 2.75) is 32.9 Å². The van der Waals surface area contributed by atoms with Crippen LogP contribution in [0.5, 0.6) is 0 Å². The van der Waals surface area contributed by atoms with Gasteiger partial charge in [-0.2, -0.15) is 0 Å². The summed E-state index contributed by atoms with van der Waals surface area (Å²) < 4.78 is 0. The van der Waals surface area contributed by atoms with E-state index in [0.717, 1.165) is 5.56 Å². The van der Waals surface area contributed by atoms with Crippen molar-refractivity contribution >= 4 is 17.5 Å². The summed E-state index contributed by atoms with van der Waals surface area (Å²) in [7, 11) is 1.82. The van der Waals surface area contributed by atoms with E-state index in [2.05, 4.69) is 5.32 Å². The Hall–Kier alpha value is -1.06. The van der Waals surface area contributed by atoms with Gasteiger partial charge in [0.1, 0.15) is 0 Å². The Bertz CT molecular complexity index is 407. The molecule has 4 heteroatoms. The molecule has 3 nitrogen and oxygen atoms in total. The van der Waals surface area contributed by atoms with Gasteiger partial charge in [0.25, 0.3) is 0 Å². The van der Waals surface area contributed by atoms with Gasteiger partial charge in [-0.05, 0) is 24.6 Å². The van der Waals surface area contributed by atoms with E-state index >= 15 is 0 Å². The average molecular weight is 269 g/mol. The van der Waals surface area contributed by atoms with Gasteiger partial charge >= 0.3 is 0 Å². The van der Waals surface area contributed by atoms with Crippen molar-refractivity contribution in [1.29, 1.82) is 0 Å². The fourth-order valence-electron chi connectivity index (χ4n) is 1.62. The summed E-state index contributed by atoms with van der Waals surface area (Å²) in [6.07, 6.45) is 0. The van der Waals surface area contributed by atoms with Gasteiger partial charge in [0, 0.05) is 18.1 Å². The van der Waals surface area contributed by atoms with Crippen LogP contribution in [-0.2, 0) is 4.79 Å². The number of carbonyl (C=O) groups excluding carboxylic acids is 1. The third-order valence-electron chi connectivity index (χ3n) is 2.97. The second-order valence-corrected chi connectivity index (χ2v) is 5.21. The van der Waals surface area contributed by atoms with Gasteiger partial charge in [-0.3, -0.25) is 4.79 Å². The Labute approximate surface area is 114 Å². The number of nitrogens with zero attached hydrogens (tertiary/aromatic N) is 1. The van der Waals surface area contributed by atoms with E-state index in [1.54, 1.807) is 4.90 Å². The zero-order valence-corrected chi connectivity index (χ0v) is 12.2. The third kappa shape index (κ3) is 4.31. The van der Waals surface area contributed by atoms with Crippen molar-refractivity contribution in [2.24, 2.45) is 0 Å². The van der Waals surface area contributed by atoms with Crippen molar-refractivity contribution in [3.8, 4) is 0 Å². The molecule has 1 rings (SSSR count). The number of nitrogens with one attached hydrogen (secondary N) is 1. The Morgan fingerprint density at radius 1 is 1.39 bits per heavy atom. The molecule has 1 N–H and O–H groups in total. The first-order chi connectivity index (χ1) is 8.41. The number of rotatable bonds is 5. The lowest BCUT2D eigenvalue weighted by atomic mass is 10.1. The molecular weight excluding hydrogens is 248 g/mol. The maximum atomic E-state index is 12.0. The summed E-state index contributed by atoms with van der Waals surface area (Å²) in [5.74, 6) is 0.0798. The van der Waals surface area contributed by atoms with Crippen LogP contribution in [0.3, 0.4) is 0 Å². The molecule has 1 aromatic carbocycles. The first-order valence-electron chi connectivity index (χ1n) is 6.16. The first-order valence-corrected chi connectivity index (χ1v) is 6.54. The molecule has 1 amide bonds. The van der Waals surface area contributed by atoms with Gasteiger partial charge in [-0.15, -0.1) is 0 Å². The summed E-state index contributed by atoms with van der Waals surface area (Å²) in [6, 6.07) is 7.94. The zero-order chi connectivity index (χ0) is 13.7. The lowest BCUT2D eigenvalue weighted by Gasteiger charge is -2.26. The molecular formula is C14H21ClN2O. The van der Waals surface area contributed by atoms with E-state index < -0.39 is 0 Å². The molecule has 18 heavy (non-hydrogen) atoms. The molecule has 0 radical (unpaired) electrons. The van der Waals surface area contributed by atoms with E-state index in [0.29, 0.717) is 17.6 Å². The molecule has 0 saturated carbocycles. The van der Waals surface area contributed by atoms with Crippen LogP contribution in [0.25, 0.3) is 0 Å². The highest BCUT2D eigenvalue weighted by Gasteiger charge is 2.17. The van der Waals surface area contributed by atoms with Gasteiger partial charge < -0.3 is 10.2 Å². The maximum Gasteiger partial charge on any atom is 0.236 e. The predicted molar refractivity (Wildman–Crippen MR) is 75.8 cm³/mol. The van der Waals surface area contributed by atoms with Crippen molar-refractivity contribution in [3.05, 3.63) is 34.9 Å². The molecule has 1 aromatic rings. The standard InChI is InChI=1S/C14H21ClN2O/c1-10(2)16-9-14(18)17(4)11(3)12-6-5-7-13(15)8-12/h5-8,10-11,16H,9H2,1-4H3. The van der Waals surface area contributed by atoms with E-state index in [9.17, 15) is 4.79 Å². The summed E-state index contributed by atoms with van der Waals surface area (Å²) in [4.78, 5) is 13.7. The lowest BCUT2D eigenvalue weighted by molar-refractivity contribution is -0.130. The van der Waals surface area contributed by atoms with Gasteiger partial charge in [0.15, 0.2) is 0 Å². The van der Waals surface area contributed by atoms with Gasteiger partial charge in [-0.25, -0.2) is 0 Å². The van der Waals surface area contributed by atoms with Gasteiger partial charge in [-0.1, -0.05) is 37.6 Å². The molecule has 0 bridgehead atoms. The number of hydrogen-bond donors (Lipinski definition) is 1. The predicted octanol–water partition coefficient (Wildman–Crippen LogP) is 2.86. The number of hydrogen-bond acceptors (Lipinski definition) is 2. The van der Waals surface area contributed by atoms with E-state index in [-0.39, 0.29) is 11.9 Å². The lowest BCUT2D eigenvalue weighted by Crippen LogP contribution is -2.39. The van der Waals surface area contributed by atoms with Crippen molar-refractivity contribution in [2.75, 3.05) is 13.6 Å². The summed E-state index contributed by atoms with van der Waals surface area (Å²) in [5, 5.41) is 3.82. The Morgan fingerprint density at radius 2 is 2.06 bits per heavy atom. The summed E-state index contributed by atoms with van der Waals surface area (Å²) in [5.41, 5.74) is 1.04. The van der Waals surface area contributed by atoms with Crippen LogP contribution in [0.2, 0.25) is 5.02 Å². The quantitative estimate of drug-likeness (QED) is 0.891. The molecule has 0 aliphatic rings. The van der Waals surface area contributed by atoms with Crippen molar-refractivity contribution < 1.29 is 4.79 Å². The van der Waals surface area contributed by atoms with E-state index in [1.807, 2.05) is 52.1 Å². The number of benzene rings is 1. The minimum Gasteiger partial charge on any atom is -0.338 e. The maximum absolute atomic E-state index is 12.0. The Balaban J connectivity index is 2.65. The fourth-order valence-corrected chi connectivity index (χ4v) is 1.82. The summed E-state index contributed by atoms with van der Waals surface area (Å²) >= 11 is 5.96. The highest BCUT2D eigenvalue weighted by molar-refractivity contribution is 6.30. The molecule has 0 fully saturated rings. The molecule has 100 valence electrons. The van der Waals surface area contributed by atoms with Crippen LogP contribution in [0.4, 0.5) is 0 Å². The Kier molecular flexibility index (Phi) is 5.63. The van der Waals surface area contributed by atoms with Crippen LogP contribution in [0, 0.1) is 0 Å². The largest absolute Gasteiger partial charge is 0.338 e. The zero-order valence-electron chi connectivity index (χ0n) is 11.4. The van der Waals surface area contributed by atoms with Crippen molar-refractivity contribution in [1.82, 2.24) is 10.2 Å². The number of halogens is 1. The van der Waals surface area contributed by atoms with E-state index in [4.69, 9.17) is 11.6 Å². The summed E-state index contributed by atoms with van der Waals surface area (Å²) in [6.45, 7) is 6.40. The normalized spacial score (nSPS) is 12.6. The van der Waals surface area contributed by atoms with Gasteiger partial charge in [0.2, 0.25) is 5.91 Å². The van der Waals surface area contributed by atoms with Crippen LogP contribution in [-0.4, -0.2) is 30.4 Å². The minimum absolute atomic E-state index is 0.0187. The fraction of sp³-hybridized carbons (Fsp3) is 0.500. The monoisotopic (exact) mass is 268 g/mol. The van der Waals surface area contributed by atoms with Crippen LogP contribution in [0.15, 0.2) is 24.3 Å². The molecule has 0 spiro atoms. The molecule has 0 saturated heterocycles. The second-order valence-electron chi connectivity index (χ2n) is 4.77. The molecule has 0 heterocycles. The molecule has 1 unspecified atom stereocenters. The van der Waals surface area contributed by atoms with Crippen LogP contribution < -0.4 is 5.32 Å². The molecule has 1 atom stereocenters. The topological polar surface area (TPSA) is 32.3 Å². The number of amides is 1. The van der Waals surface area contributed by atoms with Gasteiger partial charge in [0.05, 0.1) is 12.6 Å². The number of likely N-dealkylation sites (N-methyl/N-ethyl adjacent to an activating group) is 1. The smallest absolute Gasteiger partial charge is 0.236 e. The number of carbonyl (C=O) groups is 1. The first kappa shape index (κ1) is 15.0. The molecule has 0 aromatic heterocycles. The SMILES string of the molecule is CC(C)NCC(=O)N(C)C(C)c1cccc(Cl)c1. The average Bonchev–Trinajstić information content (AvgIpc) is 2.34. The highest BCUT2D eigenvalue weighted by Crippen LogP contribution is 2.21. The third-order valence-corrected chi connectivity index (χ3v) is 3.20. The van der Waals surface area contributed by atoms with Crippen LogP contribution >= 0.6 is 11.6 Å². The minimum atomic E-state index is 0.0187. The van der Waals surface area contributed by atoms with E-state index in [1.165, 1.54) is 0 Å².